The molecule has 2 aliphatic rings. The monoisotopic (exact) mass is 517 g/mol. The second kappa shape index (κ2) is 10.5. The van der Waals surface area contributed by atoms with E-state index in [1.165, 1.54) is 18.2 Å². The molecule has 2 atom stereocenters. The van der Waals surface area contributed by atoms with Crippen LogP contribution in [-0.2, 0) is 0 Å². The van der Waals surface area contributed by atoms with Crippen LogP contribution in [0.4, 0.5) is 23.2 Å². The number of benzene rings is 1. The van der Waals surface area contributed by atoms with Crippen molar-refractivity contribution in [2.24, 2.45) is 0 Å². The Morgan fingerprint density at radius 2 is 1.89 bits per heavy atom. The fourth-order valence-corrected chi connectivity index (χ4v) is 5.47. The quantitative estimate of drug-likeness (QED) is 0.386. The van der Waals surface area contributed by atoms with Crippen LogP contribution in [0.1, 0.15) is 41.4 Å². The van der Waals surface area contributed by atoms with Crippen LogP contribution in [0.2, 0.25) is 0 Å². The number of hydrogen-bond donors (Lipinski definition) is 2. The molecule has 1 aliphatic carbocycles. The van der Waals surface area contributed by atoms with Gasteiger partial charge >= 0.3 is 0 Å². The number of nitrogens with zero attached hydrogens (tertiary/aromatic N) is 3. The first-order valence-electron chi connectivity index (χ1n) is 12.3. The average molecular weight is 518 g/mol. The summed E-state index contributed by atoms with van der Waals surface area (Å²) in [7, 11) is 0. The predicted octanol–water partition coefficient (Wildman–Crippen LogP) is 3.65. The maximum Gasteiger partial charge on any atom is 0.270 e. The highest BCUT2D eigenvalue weighted by atomic mass is 19.3. The first-order chi connectivity index (χ1) is 17.8. The first kappa shape index (κ1) is 25.2. The lowest BCUT2D eigenvalue weighted by Crippen LogP contribution is -2.50. The second-order valence-corrected chi connectivity index (χ2v) is 9.55. The molecule has 7 nitrogen and oxygen atoms in total. The summed E-state index contributed by atoms with van der Waals surface area (Å²) >= 11 is 0. The summed E-state index contributed by atoms with van der Waals surface area (Å²) in [4.78, 5) is 35.1. The van der Waals surface area contributed by atoms with E-state index in [-0.39, 0.29) is 22.7 Å². The summed E-state index contributed by atoms with van der Waals surface area (Å²) in [6.07, 6.45) is 0.0512. The molecule has 2 N–H and O–H groups in total. The van der Waals surface area contributed by atoms with E-state index in [1.54, 1.807) is 12.1 Å². The van der Waals surface area contributed by atoms with Gasteiger partial charge in [0.15, 0.2) is 0 Å². The van der Waals surface area contributed by atoms with Gasteiger partial charge in [0.2, 0.25) is 5.95 Å². The van der Waals surface area contributed by atoms with Gasteiger partial charge in [0.25, 0.3) is 17.9 Å². The largest absolute Gasteiger partial charge is 0.365 e. The molecule has 2 fully saturated rings. The zero-order valence-corrected chi connectivity index (χ0v) is 20.0. The minimum atomic E-state index is -2.70. The Bertz CT molecular complexity index is 1360. The van der Waals surface area contributed by atoms with Gasteiger partial charge in [0.05, 0.1) is 17.6 Å². The Morgan fingerprint density at radius 1 is 1.11 bits per heavy atom. The van der Waals surface area contributed by atoms with Crippen LogP contribution in [0.15, 0.2) is 41.2 Å². The number of piperazine rings is 1. The molecule has 0 bridgehead atoms. The van der Waals surface area contributed by atoms with E-state index in [0.717, 1.165) is 25.0 Å². The maximum absolute atomic E-state index is 14.7. The summed E-state index contributed by atoms with van der Waals surface area (Å²) in [6, 6.07) is 9.63. The van der Waals surface area contributed by atoms with Gasteiger partial charge in [-0.2, -0.15) is 4.39 Å². The first-order valence-corrected chi connectivity index (χ1v) is 12.3. The standard InChI is InChI=1S/C26H27F4N5O2/c27-18-3-1-2-16-13-20(33-26(37)23(16)18)15-4-5-17(12-15)34-8-10-35(11-9-34)21-7-6-19(32-24(21)30)25(36)31-14-22(28)29/h1-3,6-7,13,15,17,22H,4-5,8-12,14H2,(H,31,36)(H,33,37). The number of anilines is 1. The molecule has 0 radical (unpaired) electrons. The molecule has 196 valence electrons. The Kier molecular flexibility index (Phi) is 7.14. The van der Waals surface area contributed by atoms with Gasteiger partial charge in [-0.25, -0.2) is 18.2 Å². The third kappa shape index (κ3) is 5.31. The number of carbonyl (C=O) groups excluding carboxylic acids is 1. The molecular weight excluding hydrogens is 490 g/mol. The number of rotatable bonds is 6. The molecule has 1 amide bonds. The number of fused-ring (bicyclic) bond motifs is 1. The molecule has 1 saturated carbocycles. The molecule has 1 aromatic carbocycles. The van der Waals surface area contributed by atoms with Crippen molar-refractivity contribution in [1.29, 1.82) is 0 Å². The minimum Gasteiger partial charge on any atom is -0.365 e. The Balaban J connectivity index is 1.19. The number of aromatic amines is 1. The molecule has 3 aromatic rings. The molecule has 2 unspecified atom stereocenters. The summed E-state index contributed by atoms with van der Waals surface area (Å²) in [5.41, 5.74) is 0.452. The Labute approximate surface area is 210 Å². The molecule has 2 aromatic heterocycles. The summed E-state index contributed by atoms with van der Waals surface area (Å²) in [5, 5.41) is 2.70. The van der Waals surface area contributed by atoms with Gasteiger partial charge < -0.3 is 15.2 Å². The number of H-pyrrole nitrogens is 1. The van der Waals surface area contributed by atoms with E-state index < -0.39 is 36.2 Å². The molecule has 11 heteroatoms. The second-order valence-electron chi connectivity index (χ2n) is 9.55. The van der Waals surface area contributed by atoms with E-state index in [2.05, 4.69) is 14.9 Å². The normalized spacial score (nSPS) is 20.6. The number of aromatic nitrogens is 2. The van der Waals surface area contributed by atoms with Gasteiger partial charge in [-0.3, -0.25) is 14.5 Å². The van der Waals surface area contributed by atoms with E-state index in [4.69, 9.17) is 0 Å². The van der Waals surface area contributed by atoms with Crippen LogP contribution in [0.25, 0.3) is 10.8 Å². The number of halogens is 4. The van der Waals surface area contributed by atoms with Crippen molar-refractivity contribution in [2.45, 2.75) is 37.6 Å². The van der Waals surface area contributed by atoms with Crippen LogP contribution in [0.3, 0.4) is 0 Å². The van der Waals surface area contributed by atoms with E-state index in [0.29, 0.717) is 37.6 Å². The minimum absolute atomic E-state index is 0.0838. The molecule has 0 spiro atoms. The number of nitrogens with one attached hydrogen (secondary N) is 2. The topological polar surface area (TPSA) is 81.3 Å². The average Bonchev–Trinajstić information content (AvgIpc) is 3.38. The summed E-state index contributed by atoms with van der Waals surface area (Å²) in [6.45, 7) is 1.76. The lowest BCUT2D eigenvalue weighted by atomic mass is 10.00. The smallest absolute Gasteiger partial charge is 0.270 e. The Morgan fingerprint density at radius 3 is 2.62 bits per heavy atom. The third-order valence-corrected chi connectivity index (χ3v) is 7.34. The summed E-state index contributed by atoms with van der Waals surface area (Å²) < 4.78 is 53.3. The van der Waals surface area contributed by atoms with Gasteiger partial charge in [-0.05, 0) is 48.9 Å². The van der Waals surface area contributed by atoms with Gasteiger partial charge in [-0.15, -0.1) is 0 Å². The van der Waals surface area contributed by atoms with Crippen molar-refractivity contribution in [3.8, 4) is 0 Å². The highest BCUT2D eigenvalue weighted by Gasteiger charge is 2.33. The van der Waals surface area contributed by atoms with E-state index >= 15 is 0 Å². The molecule has 5 rings (SSSR count). The van der Waals surface area contributed by atoms with E-state index in [9.17, 15) is 27.2 Å². The van der Waals surface area contributed by atoms with Crippen molar-refractivity contribution < 1.29 is 22.4 Å². The highest BCUT2D eigenvalue weighted by Crippen LogP contribution is 2.37. The van der Waals surface area contributed by atoms with Crippen molar-refractivity contribution in [3.05, 3.63) is 69.9 Å². The SMILES string of the molecule is O=C(NCC(F)F)c1ccc(N2CCN(C3CCC(c4cc5cccc(F)c5c(=O)[nH]4)C3)CC2)c(F)n1. The Hall–Kier alpha value is -3.47. The molecular formula is C26H27F4N5O2. The lowest BCUT2D eigenvalue weighted by Gasteiger charge is -2.39. The lowest BCUT2D eigenvalue weighted by molar-refractivity contribution is 0.0886. The zero-order chi connectivity index (χ0) is 26.1. The van der Waals surface area contributed by atoms with Crippen molar-refractivity contribution >= 4 is 22.4 Å². The van der Waals surface area contributed by atoms with Gasteiger partial charge in [0, 0.05) is 43.8 Å². The van der Waals surface area contributed by atoms with Crippen molar-refractivity contribution in [2.75, 3.05) is 37.6 Å². The molecule has 1 aliphatic heterocycles. The van der Waals surface area contributed by atoms with Crippen molar-refractivity contribution in [3.63, 3.8) is 0 Å². The van der Waals surface area contributed by atoms with Crippen molar-refractivity contribution in [1.82, 2.24) is 20.2 Å². The zero-order valence-electron chi connectivity index (χ0n) is 20.0. The predicted molar refractivity (Wildman–Crippen MR) is 131 cm³/mol. The summed E-state index contributed by atoms with van der Waals surface area (Å²) in [5.74, 6) is -2.00. The van der Waals surface area contributed by atoms with Crippen LogP contribution in [0.5, 0.6) is 0 Å². The van der Waals surface area contributed by atoms with E-state index in [1.807, 2.05) is 16.3 Å². The fourth-order valence-electron chi connectivity index (χ4n) is 5.47. The van der Waals surface area contributed by atoms with Gasteiger partial charge in [0.1, 0.15) is 11.5 Å². The number of hydrogen-bond acceptors (Lipinski definition) is 5. The van der Waals surface area contributed by atoms with Crippen LogP contribution in [0, 0.1) is 11.8 Å². The highest BCUT2D eigenvalue weighted by molar-refractivity contribution is 5.92. The fraction of sp³-hybridized carbons (Fsp3) is 0.423. The molecule has 37 heavy (non-hydrogen) atoms. The maximum atomic E-state index is 14.7. The van der Waals surface area contributed by atoms with Crippen LogP contribution >= 0.6 is 0 Å². The van der Waals surface area contributed by atoms with Crippen LogP contribution < -0.4 is 15.8 Å². The number of alkyl halides is 2. The number of pyridine rings is 2. The molecule has 3 heterocycles. The van der Waals surface area contributed by atoms with Crippen LogP contribution in [-0.4, -0.2) is 66.0 Å². The molecule has 1 saturated heterocycles. The third-order valence-electron chi connectivity index (χ3n) is 7.34. The van der Waals surface area contributed by atoms with Gasteiger partial charge in [-0.1, -0.05) is 12.1 Å². The number of amides is 1. The number of carbonyl (C=O) groups is 1.